The van der Waals surface area contributed by atoms with Crippen LogP contribution in [0.1, 0.15) is 5.76 Å². The number of hydrogen-bond donors (Lipinski definition) is 1. The molecule has 2 N–H and O–H groups in total. The molecule has 6 heteroatoms. The van der Waals surface area contributed by atoms with Crippen molar-refractivity contribution in [2.45, 2.75) is 6.54 Å². The van der Waals surface area contributed by atoms with Crippen molar-refractivity contribution >= 4 is 7.11 Å². The minimum absolute atomic E-state index is 0.170. The van der Waals surface area contributed by atoms with E-state index < -0.39 is 7.11 Å². The van der Waals surface area contributed by atoms with Gasteiger partial charge in [-0.05, 0) is 12.1 Å². The Kier molecular flexibility index (Phi) is 2.23. The number of nitrogens with two attached hydrogens (primary N) is 1. The Bertz CT molecular complexity index is 208. The van der Waals surface area contributed by atoms with E-state index in [0.717, 1.165) is 0 Å². The molecule has 0 saturated heterocycles. The first kappa shape index (κ1) is 8.19. The summed E-state index contributed by atoms with van der Waals surface area (Å²) in [5.41, 5.74) is 0. The van der Waals surface area contributed by atoms with Gasteiger partial charge in [0.25, 0.3) is 0 Å². The van der Waals surface area contributed by atoms with E-state index in [0.29, 0.717) is 11.0 Å². The monoisotopic (exact) mass is 165 g/mol. The zero-order valence-electron chi connectivity index (χ0n) is 5.64. The Morgan fingerprint density at radius 3 is 2.64 bits per heavy atom. The molecular weight excluding hydrogens is 158 g/mol. The number of hydrogen-bond acceptors (Lipinski definition) is 1. The van der Waals surface area contributed by atoms with Crippen molar-refractivity contribution in [3.63, 3.8) is 0 Å². The lowest BCUT2D eigenvalue weighted by molar-refractivity contribution is -0.579. The highest BCUT2D eigenvalue weighted by molar-refractivity contribution is 6.47. The Hall–Kier alpha value is -0.905. The van der Waals surface area contributed by atoms with Gasteiger partial charge in [-0.1, -0.05) is 0 Å². The number of furan rings is 1. The number of quaternary nitrogens is 1. The smallest absolute Gasteiger partial charge is 0.464 e. The summed E-state index contributed by atoms with van der Waals surface area (Å²) in [5, 5.41) is 0.318. The second-order valence-electron chi connectivity index (χ2n) is 2.14. The van der Waals surface area contributed by atoms with Gasteiger partial charge in [0, 0.05) is 0 Å². The molecule has 1 rings (SSSR count). The topological polar surface area (TPSA) is 29.8 Å². The van der Waals surface area contributed by atoms with E-state index in [1.54, 1.807) is 6.07 Å². The van der Waals surface area contributed by atoms with Gasteiger partial charge in [-0.3, -0.25) is 0 Å². The van der Waals surface area contributed by atoms with Gasteiger partial charge in [0.2, 0.25) is 0 Å². The Labute approximate surface area is 61.5 Å². The normalized spacial score (nSPS) is 11.9. The highest BCUT2D eigenvalue weighted by Gasteiger charge is 2.32. The van der Waals surface area contributed by atoms with Crippen LogP contribution in [0.4, 0.5) is 12.9 Å². The SMILES string of the molecule is F[B-](F)(F)[NH2+]Cc1ccco1. The van der Waals surface area contributed by atoms with Crippen LogP contribution in [0.15, 0.2) is 22.8 Å². The van der Waals surface area contributed by atoms with Crippen molar-refractivity contribution in [3.8, 4) is 0 Å². The van der Waals surface area contributed by atoms with Crippen LogP contribution in [0.5, 0.6) is 0 Å². The van der Waals surface area contributed by atoms with E-state index in [1.807, 2.05) is 0 Å². The minimum atomic E-state index is -4.79. The molecule has 0 aliphatic carbocycles. The summed E-state index contributed by atoms with van der Waals surface area (Å²) in [7, 11) is -4.79. The van der Waals surface area contributed by atoms with Crippen LogP contribution >= 0.6 is 0 Å². The standard InChI is InChI=1S/C5H7BF3NO/c7-6(8,9)10-4-5-2-1-3-11-5/h1-3H,4,10H2. The zero-order chi connectivity index (χ0) is 8.32. The highest BCUT2D eigenvalue weighted by atomic mass is 19.4. The fraction of sp³-hybridized carbons (Fsp3) is 0.200. The van der Waals surface area contributed by atoms with Crippen molar-refractivity contribution in [2.24, 2.45) is 0 Å². The maximum atomic E-state index is 11.6. The molecule has 11 heavy (non-hydrogen) atoms. The second-order valence-corrected chi connectivity index (χ2v) is 2.14. The molecule has 1 aromatic heterocycles. The third-order valence-corrected chi connectivity index (χ3v) is 1.17. The molecule has 0 atom stereocenters. The van der Waals surface area contributed by atoms with Crippen molar-refractivity contribution < 1.29 is 22.6 Å². The average Bonchev–Trinajstić information content (AvgIpc) is 2.32. The van der Waals surface area contributed by atoms with Crippen LogP contribution in [0.3, 0.4) is 0 Å². The molecule has 1 heterocycles. The molecule has 0 radical (unpaired) electrons. The average molecular weight is 165 g/mol. The molecule has 2 nitrogen and oxygen atoms in total. The third-order valence-electron chi connectivity index (χ3n) is 1.17. The van der Waals surface area contributed by atoms with Gasteiger partial charge in [0.05, 0.1) is 6.26 Å². The first-order chi connectivity index (χ1) is 5.08. The number of halogens is 3. The predicted octanol–water partition coefficient (Wildman–Crippen LogP) is 0.687. The fourth-order valence-electron chi connectivity index (χ4n) is 0.679. The van der Waals surface area contributed by atoms with E-state index in [4.69, 9.17) is 4.42 Å². The largest absolute Gasteiger partial charge is 0.730 e. The summed E-state index contributed by atoms with van der Waals surface area (Å²) in [6.45, 7) is -0.170. The first-order valence-electron chi connectivity index (χ1n) is 3.14. The lowest BCUT2D eigenvalue weighted by Gasteiger charge is -2.08. The molecule has 62 valence electrons. The van der Waals surface area contributed by atoms with Crippen LogP contribution in [-0.2, 0) is 6.54 Å². The quantitative estimate of drug-likeness (QED) is 0.655. The highest BCUT2D eigenvalue weighted by Crippen LogP contribution is 1.99. The van der Waals surface area contributed by atoms with Gasteiger partial charge in [-0.2, -0.15) is 0 Å². The molecule has 0 aliphatic heterocycles. The molecule has 0 fully saturated rings. The maximum Gasteiger partial charge on any atom is 0.730 e. The summed E-state index contributed by atoms with van der Waals surface area (Å²) in [4.78, 5) is 0. The molecule has 0 aliphatic rings. The van der Waals surface area contributed by atoms with E-state index in [1.165, 1.54) is 12.3 Å². The summed E-state index contributed by atoms with van der Waals surface area (Å²) in [5.74, 6) is 0.337. The van der Waals surface area contributed by atoms with Crippen LogP contribution in [0.2, 0.25) is 0 Å². The molecule has 0 unspecified atom stereocenters. The Morgan fingerprint density at radius 2 is 2.18 bits per heavy atom. The summed E-state index contributed by atoms with van der Waals surface area (Å²) < 4.78 is 39.5. The summed E-state index contributed by atoms with van der Waals surface area (Å²) in [6, 6.07) is 3.07. The lowest BCUT2D eigenvalue weighted by Crippen LogP contribution is -2.94. The van der Waals surface area contributed by atoms with Crippen molar-refractivity contribution in [3.05, 3.63) is 24.2 Å². The molecule has 1 aromatic rings. The minimum Gasteiger partial charge on any atom is -0.464 e. The third kappa shape index (κ3) is 3.13. The lowest BCUT2D eigenvalue weighted by atomic mass is 10.1. The van der Waals surface area contributed by atoms with Gasteiger partial charge in [0.1, 0.15) is 6.54 Å². The van der Waals surface area contributed by atoms with Gasteiger partial charge in [-0.25, -0.2) is 0 Å². The van der Waals surface area contributed by atoms with E-state index >= 15 is 0 Å². The van der Waals surface area contributed by atoms with Crippen LogP contribution in [-0.4, -0.2) is 7.11 Å². The molecule has 0 spiro atoms. The van der Waals surface area contributed by atoms with Crippen LogP contribution < -0.4 is 5.23 Å². The first-order valence-corrected chi connectivity index (χ1v) is 3.14. The number of rotatable bonds is 3. The second kappa shape index (κ2) is 3.00. The molecular formula is C5H7BF3NO. The van der Waals surface area contributed by atoms with Crippen molar-refractivity contribution in [2.75, 3.05) is 0 Å². The Morgan fingerprint density at radius 1 is 1.45 bits per heavy atom. The van der Waals surface area contributed by atoms with E-state index in [9.17, 15) is 12.9 Å². The molecule has 0 aromatic carbocycles. The van der Waals surface area contributed by atoms with Gasteiger partial charge in [0.15, 0.2) is 5.76 Å². The van der Waals surface area contributed by atoms with Crippen LogP contribution in [0.25, 0.3) is 0 Å². The molecule has 0 amide bonds. The van der Waals surface area contributed by atoms with E-state index in [2.05, 4.69) is 0 Å². The summed E-state index contributed by atoms with van der Waals surface area (Å²) in [6.07, 6.45) is 1.35. The summed E-state index contributed by atoms with van der Waals surface area (Å²) >= 11 is 0. The Balaban J connectivity index is 2.35. The fourth-order valence-corrected chi connectivity index (χ4v) is 0.679. The molecule has 0 saturated carbocycles. The molecule has 0 bridgehead atoms. The predicted molar refractivity (Wildman–Crippen MR) is 33.4 cm³/mol. The van der Waals surface area contributed by atoms with E-state index in [-0.39, 0.29) is 6.54 Å². The zero-order valence-corrected chi connectivity index (χ0v) is 5.64. The van der Waals surface area contributed by atoms with Gasteiger partial charge >= 0.3 is 7.11 Å². The maximum absolute atomic E-state index is 11.6. The van der Waals surface area contributed by atoms with Gasteiger partial charge < -0.3 is 22.6 Å². The van der Waals surface area contributed by atoms with Crippen molar-refractivity contribution in [1.29, 1.82) is 0 Å². The van der Waals surface area contributed by atoms with Gasteiger partial charge in [-0.15, -0.1) is 0 Å². The van der Waals surface area contributed by atoms with Crippen molar-refractivity contribution in [1.82, 2.24) is 0 Å². The van der Waals surface area contributed by atoms with Crippen LogP contribution in [0, 0.1) is 0 Å².